The molecule has 108 valence electrons. The Bertz CT molecular complexity index is 778. The number of hydrogen-bond donors (Lipinski definition) is 1. The van der Waals surface area contributed by atoms with Gasteiger partial charge in [0.15, 0.2) is 0 Å². The van der Waals surface area contributed by atoms with Crippen LogP contribution in [0.2, 0.25) is 5.02 Å². The van der Waals surface area contributed by atoms with Gasteiger partial charge in [0.2, 0.25) is 5.88 Å². The lowest BCUT2D eigenvalue weighted by Crippen LogP contribution is -1.88. The lowest BCUT2D eigenvalue weighted by molar-refractivity contribution is 0.415. The highest BCUT2D eigenvalue weighted by Gasteiger charge is 2.21. The minimum absolute atomic E-state index is 0.275. The molecular formula is C15H13ClN2O2S. The Morgan fingerprint density at radius 1 is 1.29 bits per heavy atom. The van der Waals surface area contributed by atoms with Crippen molar-refractivity contribution in [1.82, 2.24) is 5.16 Å². The van der Waals surface area contributed by atoms with Crippen LogP contribution in [0.25, 0.3) is 21.7 Å². The number of nitrogens with zero attached hydrogens (tertiary/aromatic N) is 1. The van der Waals surface area contributed by atoms with Crippen molar-refractivity contribution in [1.29, 1.82) is 0 Å². The van der Waals surface area contributed by atoms with Crippen molar-refractivity contribution in [3.63, 3.8) is 0 Å². The van der Waals surface area contributed by atoms with Gasteiger partial charge >= 0.3 is 0 Å². The number of aromatic nitrogens is 1. The van der Waals surface area contributed by atoms with Crippen molar-refractivity contribution < 1.29 is 9.26 Å². The fourth-order valence-electron chi connectivity index (χ4n) is 2.08. The third-order valence-electron chi connectivity index (χ3n) is 3.21. The minimum Gasteiger partial charge on any atom is -0.497 e. The first-order valence-electron chi connectivity index (χ1n) is 6.25. The Morgan fingerprint density at radius 2 is 2.00 bits per heavy atom. The van der Waals surface area contributed by atoms with E-state index in [1.165, 1.54) is 11.3 Å². The second-order valence-electron chi connectivity index (χ2n) is 4.56. The smallest absolute Gasteiger partial charge is 0.230 e. The summed E-state index contributed by atoms with van der Waals surface area (Å²) in [7, 11) is 1.63. The van der Waals surface area contributed by atoms with E-state index in [4.69, 9.17) is 26.6 Å². The molecule has 2 heterocycles. The van der Waals surface area contributed by atoms with Crippen LogP contribution < -0.4 is 10.5 Å². The highest BCUT2D eigenvalue weighted by atomic mass is 35.5. The van der Waals surface area contributed by atoms with Crippen LogP contribution in [0.5, 0.6) is 5.75 Å². The van der Waals surface area contributed by atoms with Crippen LogP contribution >= 0.6 is 22.9 Å². The molecule has 0 aliphatic carbocycles. The molecule has 6 heteroatoms. The topological polar surface area (TPSA) is 61.3 Å². The van der Waals surface area contributed by atoms with Crippen LogP contribution in [0.1, 0.15) is 5.56 Å². The molecule has 0 unspecified atom stereocenters. The van der Waals surface area contributed by atoms with Crippen LogP contribution in [-0.4, -0.2) is 12.3 Å². The number of ether oxygens (including phenoxy) is 1. The maximum Gasteiger partial charge on any atom is 0.230 e. The van der Waals surface area contributed by atoms with E-state index < -0.39 is 0 Å². The Morgan fingerprint density at radius 3 is 2.57 bits per heavy atom. The van der Waals surface area contributed by atoms with E-state index >= 15 is 0 Å². The molecule has 0 saturated heterocycles. The van der Waals surface area contributed by atoms with Gasteiger partial charge in [-0.2, -0.15) is 0 Å². The third-order valence-corrected chi connectivity index (χ3v) is 4.92. The lowest BCUT2D eigenvalue weighted by Gasteiger charge is -2.04. The molecule has 2 N–H and O–H groups in total. The number of nitrogen functional groups attached to an aromatic ring is 1. The number of rotatable bonds is 3. The summed E-state index contributed by atoms with van der Waals surface area (Å²) < 4.78 is 10.3. The molecule has 0 bridgehead atoms. The van der Waals surface area contributed by atoms with E-state index in [2.05, 4.69) is 5.16 Å². The van der Waals surface area contributed by atoms with Gasteiger partial charge in [-0.05, 0) is 35.6 Å². The van der Waals surface area contributed by atoms with E-state index in [0.29, 0.717) is 10.7 Å². The van der Waals surface area contributed by atoms with Crippen molar-refractivity contribution >= 4 is 28.8 Å². The Hall–Kier alpha value is -1.98. The fourth-order valence-corrected chi connectivity index (χ4v) is 3.35. The van der Waals surface area contributed by atoms with Crippen LogP contribution in [-0.2, 0) is 0 Å². The Balaban J connectivity index is 2.14. The highest BCUT2D eigenvalue weighted by molar-refractivity contribution is 7.14. The average Bonchev–Trinajstić information content (AvgIpc) is 3.03. The molecule has 2 aromatic heterocycles. The normalized spacial score (nSPS) is 10.8. The summed E-state index contributed by atoms with van der Waals surface area (Å²) in [5.41, 5.74) is 9.28. The number of aryl methyl sites for hydroxylation is 1. The number of benzene rings is 1. The molecular weight excluding hydrogens is 308 g/mol. The standard InChI is InChI=1S/C15H13ClN2O2S/c1-8-7-21-14(12(8)16)13-11(15(17)20-18-13)9-3-5-10(19-2)6-4-9/h3-7H,17H2,1-2H3. The SMILES string of the molecule is COc1ccc(-c2c(-c3scc(C)c3Cl)noc2N)cc1. The predicted molar refractivity (Wildman–Crippen MR) is 86.0 cm³/mol. The predicted octanol–water partition coefficient (Wildman–Crippen LogP) is 4.62. The summed E-state index contributed by atoms with van der Waals surface area (Å²) in [5, 5.41) is 6.74. The summed E-state index contributed by atoms with van der Waals surface area (Å²) in [4.78, 5) is 0.862. The fraction of sp³-hybridized carbons (Fsp3) is 0.133. The maximum absolute atomic E-state index is 6.33. The molecule has 0 spiro atoms. The van der Waals surface area contributed by atoms with Crippen molar-refractivity contribution in [2.45, 2.75) is 6.92 Å². The summed E-state index contributed by atoms with van der Waals surface area (Å²) in [6.07, 6.45) is 0. The summed E-state index contributed by atoms with van der Waals surface area (Å²) in [6, 6.07) is 7.57. The van der Waals surface area contributed by atoms with Gasteiger partial charge in [0, 0.05) is 0 Å². The summed E-state index contributed by atoms with van der Waals surface area (Å²) >= 11 is 7.85. The van der Waals surface area contributed by atoms with Gasteiger partial charge in [0.25, 0.3) is 0 Å². The van der Waals surface area contributed by atoms with Crippen LogP contribution in [0.3, 0.4) is 0 Å². The maximum atomic E-state index is 6.33. The minimum atomic E-state index is 0.275. The molecule has 0 atom stereocenters. The van der Waals surface area contributed by atoms with Gasteiger partial charge in [-0.3, -0.25) is 0 Å². The van der Waals surface area contributed by atoms with Gasteiger partial charge in [-0.1, -0.05) is 28.9 Å². The van der Waals surface area contributed by atoms with Gasteiger partial charge in [-0.25, -0.2) is 0 Å². The first kappa shape index (κ1) is 14.0. The molecule has 3 rings (SSSR count). The average molecular weight is 321 g/mol. The number of thiophene rings is 1. The van der Waals surface area contributed by atoms with E-state index in [0.717, 1.165) is 27.3 Å². The number of nitrogens with two attached hydrogens (primary N) is 1. The molecule has 0 aliphatic heterocycles. The number of hydrogen-bond acceptors (Lipinski definition) is 5. The van der Waals surface area contributed by atoms with E-state index in [-0.39, 0.29) is 5.88 Å². The third kappa shape index (κ3) is 2.39. The molecule has 4 nitrogen and oxygen atoms in total. The molecule has 1 aromatic carbocycles. The van der Waals surface area contributed by atoms with E-state index in [1.807, 2.05) is 36.6 Å². The second kappa shape index (κ2) is 5.42. The summed E-state index contributed by atoms with van der Waals surface area (Å²) in [6.45, 7) is 1.96. The molecule has 0 saturated carbocycles. The molecule has 0 fully saturated rings. The van der Waals surface area contributed by atoms with Crippen molar-refractivity contribution in [3.05, 3.63) is 40.2 Å². The first-order valence-corrected chi connectivity index (χ1v) is 7.51. The number of halogens is 1. The quantitative estimate of drug-likeness (QED) is 0.764. The van der Waals surface area contributed by atoms with Gasteiger partial charge < -0.3 is 15.0 Å². The molecule has 21 heavy (non-hydrogen) atoms. The van der Waals surface area contributed by atoms with Crippen LogP contribution in [0, 0.1) is 6.92 Å². The zero-order chi connectivity index (χ0) is 15.0. The Labute approximate surface area is 131 Å². The monoisotopic (exact) mass is 320 g/mol. The summed E-state index contributed by atoms with van der Waals surface area (Å²) in [5.74, 6) is 1.05. The lowest BCUT2D eigenvalue weighted by atomic mass is 10.0. The molecule has 0 amide bonds. The van der Waals surface area contributed by atoms with Crippen LogP contribution in [0.15, 0.2) is 34.2 Å². The zero-order valence-electron chi connectivity index (χ0n) is 11.5. The van der Waals surface area contributed by atoms with Crippen LogP contribution in [0.4, 0.5) is 5.88 Å². The molecule has 0 aliphatic rings. The van der Waals surface area contributed by atoms with E-state index in [9.17, 15) is 0 Å². The van der Waals surface area contributed by atoms with Gasteiger partial charge in [-0.15, -0.1) is 11.3 Å². The highest BCUT2D eigenvalue weighted by Crippen LogP contribution is 2.43. The van der Waals surface area contributed by atoms with Gasteiger partial charge in [0.05, 0.1) is 22.6 Å². The van der Waals surface area contributed by atoms with Crippen molar-refractivity contribution in [3.8, 4) is 27.4 Å². The van der Waals surface area contributed by atoms with E-state index in [1.54, 1.807) is 7.11 Å². The first-order chi connectivity index (χ1) is 10.1. The van der Waals surface area contributed by atoms with Crippen molar-refractivity contribution in [2.75, 3.05) is 12.8 Å². The van der Waals surface area contributed by atoms with Gasteiger partial charge in [0.1, 0.15) is 11.4 Å². The Kier molecular flexibility index (Phi) is 3.61. The number of methoxy groups -OCH3 is 1. The largest absolute Gasteiger partial charge is 0.497 e. The molecule has 0 radical (unpaired) electrons. The second-order valence-corrected chi connectivity index (χ2v) is 5.82. The zero-order valence-corrected chi connectivity index (χ0v) is 13.1. The van der Waals surface area contributed by atoms with Crippen molar-refractivity contribution in [2.24, 2.45) is 0 Å². The molecule has 3 aromatic rings. The number of anilines is 1.